The van der Waals surface area contributed by atoms with Gasteiger partial charge in [0.25, 0.3) is 0 Å². The van der Waals surface area contributed by atoms with Gasteiger partial charge in [-0.25, -0.2) is 0 Å². The molecule has 8 heteroatoms. The molecule has 0 aliphatic heterocycles. The Hall–Kier alpha value is -2.35. The third kappa shape index (κ3) is 3.58. The fraction of sp³-hybridized carbons (Fsp3) is 0.105. The molecule has 0 unspecified atom stereocenters. The van der Waals surface area contributed by atoms with E-state index in [1.165, 1.54) is 23.1 Å². The van der Waals surface area contributed by atoms with Crippen molar-refractivity contribution in [2.24, 2.45) is 0 Å². The van der Waals surface area contributed by atoms with Gasteiger partial charge in [0, 0.05) is 10.8 Å². The summed E-state index contributed by atoms with van der Waals surface area (Å²) in [5.74, 6) is 1.38. The van der Waals surface area contributed by atoms with Gasteiger partial charge < -0.3 is 0 Å². The van der Waals surface area contributed by atoms with Crippen molar-refractivity contribution in [1.82, 2.24) is 19.3 Å². The first-order valence-electron chi connectivity index (χ1n) is 8.19. The summed E-state index contributed by atoms with van der Waals surface area (Å²) in [5, 5.41) is 10.0. The van der Waals surface area contributed by atoms with Crippen molar-refractivity contribution in [3.8, 4) is 5.69 Å². The maximum absolute atomic E-state index is 12.5. The monoisotopic (exact) mass is 414 g/mol. The largest absolute Gasteiger partial charge is 0.308 e. The minimum absolute atomic E-state index is 0.0165. The second-order valence-electron chi connectivity index (χ2n) is 5.74. The van der Waals surface area contributed by atoms with E-state index < -0.39 is 0 Å². The van der Waals surface area contributed by atoms with E-state index in [-0.39, 0.29) is 4.87 Å². The van der Waals surface area contributed by atoms with Gasteiger partial charge in [-0.05, 0) is 30.3 Å². The Balaban J connectivity index is 1.83. The highest BCUT2D eigenvalue weighted by atomic mass is 35.5. The molecule has 0 radical (unpaired) electrons. The highest BCUT2D eigenvalue weighted by molar-refractivity contribution is 7.99. The van der Waals surface area contributed by atoms with Gasteiger partial charge in [-0.2, -0.15) is 0 Å². The predicted octanol–water partition coefficient (Wildman–Crippen LogP) is 4.62. The SMILES string of the molecule is C=CCSc1nnc(Cn2c(=O)sc3ccccc32)n1-c1cccc(Cl)c1. The molecule has 0 aliphatic carbocycles. The lowest BCUT2D eigenvalue weighted by molar-refractivity contribution is 0.726. The number of hydrogen-bond acceptors (Lipinski definition) is 5. The minimum Gasteiger partial charge on any atom is -0.291 e. The van der Waals surface area contributed by atoms with Crippen LogP contribution in [0.5, 0.6) is 0 Å². The van der Waals surface area contributed by atoms with Gasteiger partial charge in [0.05, 0.1) is 22.4 Å². The van der Waals surface area contributed by atoms with Crippen molar-refractivity contribution in [2.45, 2.75) is 11.7 Å². The van der Waals surface area contributed by atoms with Crippen LogP contribution in [-0.4, -0.2) is 25.1 Å². The molecule has 0 spiro atoms. The normalized spacial score (nSPS) is 11.1. The number of fused-ring (bicyclic) bond motifs is 1. The fourth-order valence-electron chi connectivity index (χ4n) is 2.81. The molecule has 5 nitrogen and oxygen atoms in total. The zero-order chi connectivity index (χ0) is 18.8. The molecule has 0 fully saturated rings. The molecule has 0 aliphatic rings. The number of hydrogen-bond donors (Lipinski definition) is 0. The lowest BCUT2D eigenvalue weighted by atomic mass is 10.3. The van der Waals surface area contributed by atoms with Gasteiger partial charge in [-0.1, -0.05) is 59.0 Å². The first kappa shape index (κ1) is 18.0. The highest BCUT2D eigenvalue weighted by Crippen LogP contribution is 2.25. The molecule has 2 aromatic carbocycles. The van der Waals surface area contributed by atoms with Crippen molar-refractivity contribution < 1.29 is 0 Å². The Morgan fingerprint density at radius 3 is 2.85 bits per heavy atom. The third-order valence-electron chi connectivity index (χ3n) is 3.97. The molecule has 4 rings (SSSR count). The summed E-state index contributed by atoms with van der Waals surface area (Å²) in [5.41, 5.74) is 1.76. The molecule has 0 bridgehead atoms. The Kier molecular flexibility index (Phi) is 5.15. The molecule has 4 aromatic rings. The highest BCUT2D eigenvalue weighted by Gasteiger charge is 2.17. The van der Waals surface area contributed by atoms with Gasteiger partial charge in [-0.3, -0.25) is 13.9 Å². The van der Waals surface area contributed by atoms with Crippen LogP contribution >= 0.6 is 34.7 Å². The molecule has 0 atom stereocenters. The molecule has 0 saturated carbocycles. The van der Waals surface area contributed by atoms with Crippen LogP contribution in [0.3, 0.4) is 0 Å². The van der Waals surface area contributed by atoms with Crippen molar-refractivity contribution in [3.63, 3.8) is 0 Å². The maximum atomic E-state index is 12.5. The Bertz CT molecular complexity index is 1180. The smallest absolute Gasteiger partial charge is 0.291 e. The van der Waals surface area contributed by atoms with E-state index in [1.807, 2.05) is 59.2 Å². The van der Waals surface area contributed by atoms with Gasteiger partial charge in [0.15, 0.2) is 11.0 Å². The first-order valence-corrected chi connectivity index (χ1v) is 10.4. The zero-order valence-corrected chi connectivity index (χ0v) is 16.6. The van der Waals surface area contributed by atoms with Gasteiger partial charge >= 0.3 is 4.87 Å². The number of thiazole rings is 1. The van der Waals surface area contributed by atoms with Crippen molar-refractivity contribution in [3.05, 3.63) is 81.7 Å². The summed E-state index contributed by atoms with van der Waals surface area (Å²) in [6, 6.07) is 15.3. The lowest BCUT2D eigenvalue weighted by Gasteiger charge is -2.11. The van der Waals surface area contributed by atoms with Crippen molar-refractivity contribution in [1.29, 1.82) is 0 Å². The molecule has 27 heavy (non-hydrogen) atoms. The van der Waals surface area contributed by atoms with E-state index >= 15 is 0 Å². The van der Waals surface area contributed by atoms with Gasteiger partial charge in [-0.15, -0.1) is 16.8 Å². The average Bonchev–Trinajstić information content (AvgIpc) is 3.21. The van der Waals surface area contributed by atoms with E-state index in [0.717, 1.165) is 21.1 Å². The van der Waals surface area contributed by atoms with E-state index in [4.69, 9.17) is 11.6 Å². The number of para-hydroxylation sites is 1. The van der Waals surface area contributed by atoms with Crippen LogP contribution in [0.15, 0.2) is 71.1 Å². The second kappa shape index (κ2) is 7.72. The van der Waals surface area contributed by atoms with Gasteiger partial charge in [0.1, 0.15) is 0 Å². The predicted molar refractivity (Wildman–Crippen MR) is 112 cm³/mol. The van der Waals surface area contributed by atoms with Crippen LogP contribution < -0.4 is 4.87 Å². The van der Waals surface area contributed by atoms with Crippen LogP contribution in [0.2, 0.25) is 5.02 Å². The van der Waals surface area contributed by atoms with Crippen LogP contribution in [0, 0.1) is 0 Å². The first-order chi connectivity index (χ1) is 13.2. The molecule has 2 aromatic heterocycles. The molecule has 0 saturated heterocycles. The Labute approximate surface area is 168 Å². The van der Waals surface area contributed by atoms with E-state index in [9.17, 15) is 4.79 Å². The van der Waals surface area contributed by atoms with Crippen LogP contribution in [0.25, 0.3) is 15.9 Å². The summed E-state index contributed by atoms with van der Waals surface area (Å²) in [6.07, 6.45) is 1.82. The summed E-state index contributed by atoms with van der Waals surface area (Å²) in [4.78, 5) is 12.5. The maximum Gasteiger partial charge on any atom is 0.308 e. The molecule has 0 amide bonds. The van der Waals surface area contributed by atoms with E-state index in [0.29, 0.717) is 23.1 Å². The minimum atomic E-state index is -0.0165. The summed E-state index contributed by atoms with van der Waals surface area (Å²) in [7, 11) is 0. The number of thioether (sulfide) groups is 1. The number of nitrogens with zero attached hydrogens (tertiary/aromatic N) is 4. The molecular formula is C19H15ClN4OS2. The number of rotatable bonds is 6. The standard InChI is InChI=1S/C19H15ClN4OS2/c1-2-10-26-18-22-21-17(24(18)14-7-5-6-13(20)11-14)12-23-15-8-3-4-9-16(15)27-19(23)25/h2-9,11H,1,10,12H2. The number of halogens is 1. The summed E-state index contributed by atoms with van der Waals surface area (Å²) in [6.45, 7) is 4.09. The third-order valence-corrected chi connectivity index (χ3v) is 6.09. The quantitative estimate of drug-likeness (QED) is 0.341. The summed E-state index contributed by atoms with van der Waals surface area (Å²) < 4.78 is 4.63. The van der Waals surface area contributed by atoms with E-state index in [2.05, 4.69) is 16.8 Å². The van der Waals surface area contributed by atoms with Crippen molar-refractivity contribution in [2.75, 3.05) is 5.75 Å². The van der Waals surface area contributed by atoms with Crippen molar-refractivity contribution >= 4 is 44.9 Å². The lowest BCUT2D eigenvalue weighted by Crippen LogP contribution is -2.16. The fourth-order valence-corrected chi connectivity index (χ4v) is 4.59. The average molecular weight is 415 g/mol. The number of benzene rings is 2. The van der Waals surface area contributed by atoms with Crippen LogP contribution in [0.1, 0.15) is 5.82 Å². The molecule has 0 N–H and O–H groups in total. The Morgan fingerprint density at radius 2 is 2.04 bits per heavy atom. The topological polar surface area (TPSA) is 52.7 Å². The molecular weight excluding hydrogens is 400 g/mol. The summed E-state index contributed by atoms with van der Waals surface area (Å²) >= 11 is 8.95. The van der Waals surface area contributed by atoms with Crippen LogP contribution in [0.4, 0.5) is 0 Å². The van der Waals surface area contributed by atoms with Crippen LogP contribution in [-0.2, 0) is 6.54 Å². The Morgan fingerprint density at radius 1 is 1.19 bits per heavy atom. The number of aromatic nitrogens is 4. The molecule has 2 heterocycles. The molecule has 136 valence electrons. The zero-order valence-electron chi connectivity index (χ0n) is 14.2. The second-order valence-corrected chi connectivity index (χ2v) is 8.15. The van der Waals surface area contributed by atoms with E-state index in [1.54, 1.807) is 4.57 Å². The van der Waals surface area contributed by atoms with Gasteiger partial charge in [0.2, 0.25) is 0 Å².